The number of nitrogens with two attached hydrogens (primary N) is 1. The standard InChI is InChI=1S/C19H30N2O/c1-14-9-11-21(12-10-14)18(22)17(20)13-15-5-7-16(8-6-15)19(2,3)4/h5-8,14,17H,9-13,20H2,1-4H3. The fourth-order valence-electron chi connectivity index (χ4n) is 2.95. The number of rotatable bonds is 3. The van der Waals surface area contributed by atoms with Crippen molar-refractivity contribution in [1.29, 1.82) is 0 Å². The maximum absolute atomic E-state index is 12.4. The van der Waals surface area contributed by atoms with Gasteiger partial charge >= 0.3 is 0 Å². The first-order chi connectivity index (χ1) is 10.3. The number of hydrogen-bond acceptors (Lipinski definition) is 2. The monoisotopic (exact) mass is 302 g/mol. The molecule has 1 amide bonds. The quantitative estimate of drug-likeness (QED) is 0.932. The summed E-state index contributed by atoms with van der Waals surface area (Å²) >= 11 is 0. The van der Waals surface area contributed by atoms with Crippen molar-refractivity contribution in [3.05, 3.63) is 35.4 Å². The molecule has 1 aliphatic rings. The number of carbonyl (C=O) groups excluding carboxylic acids is 1. The number of hydrogen-bond donors (Lipinski definition) is 1. The van der Waals surface area contributed by atoms with Crippen LogP contribution in [0.4, 0.5) is 0 Å². The third-order valence-electron chi connectivity index (χ3n) is 4.69. The highest BCUT2D eigenvalue weighted by atomic mass is 16.2. The number of amides is 1. The molecule has 1 aromatic rings. The Bertz CT molecular complexity index is 493. The van der Waals surface area contributed by atoms with Gasteiger partial charge in [-0.2, -0.15) is 0 Å². The summed E-state index contributed by atoms with van der Waals surface area (Å²) in [6.07, 6.45) is 2.81. The molecular weight excluding hydrogens is 272 g/mol. The highest BCUT2D eigenvalue weighted by molar-refractivity contribution is 5.82. The van der Waals surface area contributed by atoms with Gasteiger partial charge in [-0.05, 0) is 41.7 Å². The topological polar surface area (TPSA) is 46.3 Å². The van der Waals surface area contributed by atoms with E-state index in [0.29, 0.717) is 6.42 Å². The zero-order chi connectivity index (χ0) is 16.3. The predicted molar refractivity (Wildman–Crippen MR) is 91.8 cm³/mol. The SMILES string of the molecule is CC1CCN(C(=O)C(N)Cc2ccc(C(C)(C)C)cc2)CC1. The maximum Gasteiger partial charge on any atom is 0.239 e. The summed E-state index contributed by atoms with van der Waals surface area (Å²) in [4.78, 5) is 14.4. The van der Waals surface area contributed by atoms with E-state index in [4.69, 9.17) is 5.73 Å². The van der Waals surface area contributed by atoms with Crippen molar-refractivity contribution in [2.45, 2.75) is 58.4 Å². The fourth-order valence-corrected chi connectivity index (χ4v) is 2.95. The Morgan fingerprint density at radius 2 is 1.77 bits per heavy atom. The molecule has 0 aliphatic carbocycles. The third kappa shape index (κ3) is 4.33. The molecule has 0 radical (unpaired) electrons. The highest BCUT2D eigenvalue weighted by Crippen LogP contribution is 2.22. The molecule has 0 aromatic heterocycles. The molecule has 22 heavy (non-hydrogen) atoms. The predicted octanol–water partition coefficient (Wildman–Crippen LogP) is 3.11. The maximum atomic E-state index is 12.4. The molecule has 0 spiro atoms. The van der Waals surface area contributed by atoms with Gasteiger partial charge in [-0.3, -0.25) is 4.79 Å². The molecule has 1 saturated heterocycles. The van der Waals surface area contributed by atoms with Gasteiger partial charge < -0.3 is 10.6 Å². The van der Waals surface area contributed by atoms with E-state index >= 15 is 0 Å². The average Bonchev–Trinajstić information content (AvgIpc) is 2.47. The minimum atomic E-state index is -0.422. The minimum Gasteiger partial charge on any atom is -0.341 e. The highest BCUT2D eigenvalue weighted by Gasteiger charge is 2.25. The smallest absolute Gasteiger partial charge is 0.239 e. The summed E-state index contributed by atoms with van der Waals surface area (Å²) in [5.41, 5.74) is 8.75. The Hall–Kier alpha value is -1.35. The van der Waals surface area contributed by atoms with Crippen LogP contribution in [-0.2, 0) is 16.6 Å². The van der Waals surface area contributed by atoms with Crippen LogP contribution in [0.5, 0.6) is 0 Å². The van der Waals surface area contributed by atoms with Crippen molar-refractivity contribution in [1.82, 2.24) is 4.90 Å². The molecule has 1 atom stereocenters. The van der Waals surface area contributed by atoms with E-state index in [1.165, 1.54) is 5.56 Å². The molecule has 2 N–H and O–H groups in total. The van der Waals surface area contributed by atoms with Crippen molar-refractivity contribution in [3.8, 4) is 0 Å². The van der Waals surface area contributed by atoms with E-state index in [-0.39, 0.29) is 11.3 Å². The molecule has 1 aliphatic heterocycles. The number of carbonyl (C=O) groups is 1. The van der Waals surface area contributed by atoms with E-state index in [1.807, 2.05) is 4.90 Å². The Morgan fingerprint density at radius 1 is 1.23 bits per heavy atom. The number of nitrogens with zero attached hydrogens (tertiary/aromatic N) is 1. The van der Waals surface area contributed by atoms with E-state index < -0.39 is 6.04 Å². The normalized spacial score (nSPS) is 18.3. The van der Waals surface area contributed by atoms with Gasteiger partial charge in [0.2, 0.25) is 5.91 Å². The molecule has 3 heteroatoms. The summed E-state index contributed by atoms with van der Waals surface area (Å²) < 4.78 is 0. The first kappa shape index (κ1) is 17.0. The Balaban J connectivity index is 1.93. The molecule has 2 rings (SSSR count). The van der Waals surface area contributed by atoms with Crippen LogP contribution in [-0.4, -0.2) is 29.9 Å². The second-order valence-corrected chi connectivity index (χ2v) is 7.77. The second-order valence-electron chi connectivity index (χ2n) is 7.77. The Morgan fingerprint density at radius 3 is 2.27 bits per heavy atom. The summed E-state index contributed by atoms with van der Waals surface area (Å²) in [6.45, 7) is 10.6. The fraction of sp³-hybridized carbons (Fsp3) is 0.632. The van der Waals surface area contributed by atoms with E-state index in [0.717, 1.165) is 37.4 Å². The lowest BCUT2D eigenvalue weighted by atomic mass is 9.86. The number of piperidine rings is 1. The van der Waals surface area contributed by atoms with E-state index in [9.17, 15) is 4.79 Å². The van der Waals surface area contributed by atoms with Crippen molar-refractivity contribution in [2.24, 2.45) is 11.7 Å². The van der Waals surface area contributed by atoms with Gasteiger partial charge in [0.15, 0.2) is 0 Å². The van der Waals surface area contributed by atoms with Crippen LogP contribution in [0.2, 0.25) is 0 Å². The lowest BCUT2D eigenvalue weighted by Crippen LogP contribution is -2.47. The third-order valence-corrected chi connectivity index (χ3v) is 4.69. The van der Waals surface area contributed by atoms with Gasteiger partial charge in [0, 0.05) is 13.1 Å². The van der Waals surface area contributed by atoms with Gasteiger partial charge in [0.05, 0.1) is 6.04 Å². The van der Waals surface area contributed by atoms with Crippen molar-refractivity contribution in [3.63, 3.8) is 0 Å². The van der Waals surface area contributed by atoms with Crippen LogP contribution < -0.4 is 5.73 Å². The largest absolute Gasteiger partial charge is 0.341 e. The van der Waals surface area contributed by atoms with Crippen LogP contribution >= 0.6 is 0 Å². The average molecular weight is 302 g/mol. The van der Waals surface area contributed by atoms with Gasteiger partial charge in [-0.15, -0.1) is 0 Å². The van der Waals surface area contributed by atoms with Gasteiger partial charge in [-0.25, -0.2) is 0 Å². The summed E-state index contributed by atoms with van der Waals surface area (Å²) in [6, 6.07) is 8.08. The van der Waals surface area contributed by atoms with Crippen LogP contribution in [0.3, 0.4) is 0 Å². The molecule has 1 aromatic carbocycles. The molecule has 1 unspecified atom stereocenters. The molecule has 122 valence electrons. The molecule has 1 heterocycles. The lowest BCUT2D eigenvalue weighted by molar-refractivity contribution is -0.133. The Kier molecular flexibility index (Phi) is 5.28. The molecule has 1 fully saturated rings. The minimum absolute atomic E-state index is 0.104. The molecule has 3 nitrogen and oxygen atoms in total. The van der Waals surface area contributed by atoms with E-state index in [1.54, 1.807) is 0 Å². The van der Waals surface area contributed by atoms with Gasteiger partial charge in [0.25, 0.3) is 0 Å². The van der Waals surface area contributed by atoms with Crippen LogP contribution in [0, 0.1) is 5.92 Å². The summed E-state index contributed by atoms with van der Waals surface area (Å²) in [5, 5.41) is 0. The summed E-state index contributed by atoms with van der Waals surface area (Å²) in [5.74, 6) is 0.831. The van der Waals surface area contributed by atoms with E-state index in [2.05, 4.69) is 52.0 Å². The van der Waals surface area contributed by atoms with Crippen molar-refractivity contribution >= 4 is 5.91 Å². The van der Waals surface area contributed by atoms with Crippen LogP contribution in [0.1, 0.15) is 51.7 Å². The van der Waals surface area contributed by atoms with Gasteiger partial charge in [0.1, 0.15) is 0 Å². The zero-order valence-electron chi connectivity index (χ0n) is 14.4. The van der Waals surface area contributed by atoms with Crippen molar-refractivity contribution in [2.75, 3.05) is 13.1 Å². The molecule has 0 saturated carbocycles. The van der Waals surface area contributed by atoms with Crippen LogP contribution in [0.25, 0.3) is 0 Å². The zero-order valence-corrected chi connectivity index (χ0v) is 14.4. The summed E-state index contributed by atoms with van der Waals surface area (Å²) in [7, 11) is 0. The number of likely N-dealkylation sites (tertiary alicyclic amines) is 1. The first-order valence-corrected chi connectivity index (χ1v) is 8.41. The lowest BCUT2D eigenvalue weighted by Gasteiger charge is -2.32. The first-order valence-electron chi connectivity index (χ1n) is 8.41. The molecular formula is C19H30N2O. The Labute approximate surface area is 134 Å². The molecule has 0 bridgehead atoms. The van der Waals surface area contributed by atoms with Crippen molar-refractivity contribution < 1.29 is 4.79 Å². The second kappa shape index (κ2) is 6.82. The van der Waals surface area contributed by atoms with Crippen LogP contribution in [0.15, 0.2) is 24.3 Å². The number of benzene rings is 1. The van der Waals surface area contributed by atoms with Gasteiger partial charge in [-0.1, -0.05) is 52.0 Å².